The number of morpholine rings is 1. The lowest BCUT2D eigenvalue weighted by atomic mass is 10.1. The minimum atomic E-state index is -0.353. The van der Waals surface area contributed by atoms with Crippen LogP contribution >= 0.6 is 0 Å². The molecule has 1 fully saturated rings. The van der Waals surface area contributed by atoms with Crippen LogP contribution in [0.5, 0.6) is 17.4 Å². The first-order valence-corrected chi connectivity index (χ1v) is 10.9. The fraction of sp³-hybridized carbons (Fsp3) is 0.200. The van der Waals surface area contributed by atoms with E-state index in [1.54, 1.807) is 53.5 Å². The van der Waals surface area contributed by atoms with E-state index >= 15 is 0 Å². The quantitative estimate of drug-likeness (QED) is 0.436. The Hall–Kier alpha value is -4.24. The third-order valence-electron chi connectivity index (χ3n) is 5.44. The highest BCUT2D eigenvalue weighted by atomic mass is 16.5. The molecule has 9 heteroatoms. The summed E-state index contributed by atoms with van der Waals surface area (Å²) < 4.78 is 18.6. The summed E-state index contributed by atoms with van der Waals surface area (Å²) in [5.41, 5.74) is 1.22. The first-order valence-electron chi connectivity index (χ1n) is 10.9. The van der Waals surface area contributed by atoms with Crippen LogP contribution in [0.25, 0.3) is 5.82 Å². The summed E-state index contributed by atoms with van der Waals surface area (Å²) >= 11 is 0. The number of rotatable bonds is 6. The second kappa shape index (κ2) is 9.72. The number of methoxy groups -OCH3 is 1. The van der Waals surface area contributed by atoms with E-state index in [4.69, 9.17) is 14.2 Å². The minimum Gasteiger partial charge on any atom is -0.497 e. The van der Waals surface area contributed by atoms with Crippen molar-refractivity contribution in [2.45, 2.75) is 6.10 Å². The number of ether oxygens (including phenoxy) is 3. The Kier molecular flexibility index (Phi) is 6.17. The van der Waals surface area contributed by atoms with Crippen molar-refractivity contribution in [2.75, 3.05) is 26.8 Å². The highest BCUT2D eigenvalue weighted by Gasteiger charge is 2.27. The monoisotopic (exact) mass is 457 g/mol. The van der Waals surface area contributed by atoms with E-state index in [1.165, 1.54) is 0 Å². The molecule has 1 aliphatic heterocycles. The Balaban J connectivity index is 1.26. The summed E-state index contributed by atoms with van der Waals surface area (Å²) in [6.07, 6.45) is 4.70. The molecule has 0 N–H and O–H groups in total. The largest absolute Gasteiger partial charge is 0.497 e. The van der Waals surface area contributed by atoms with E-state index in [0.717, 1.165) is 5.75 Å². The normalized spacial score (nSPS) is 15.7. The molecule has 0 radical (unpaired) electrons. The zero-order valence-electron chi connectivity index (χ0n) is 18.6. The third-order valence-corrected chi connectivity index (χ3v) is 5.44. The minimum absolute atomic E-state index is 0.0987. The molecule has 1 amide bonds. The molecular formula is C25H23N5O4. The van der Waals surface area contributed by atoms with Crippen molar-refractivity contribution < 1.29 is 19.0 Å². The number of pyridine rings is 2. The van der Waals surface area contributed by atoms with E-state index in [-0.39, 0.29) is 12.0 Å². The molecule has 1 aromatic carbocycles. The van der Waals surface area contributed by atoms with Crippen molar-refractivity contribution in [1.29, 1.82) is 0 Å². The molecule has 1 aliphatic rings. The van der Waals surface area contributed by atoms with Crippen molar-refractivity contribution in [1.82, 2.24) is 24.6 Å². The Bertz CT molecular complexity index is 1240. The Labute approximate surface area is 196 Å². The molecule has 0 unspecified atom stereocenters. The molecule has 172 valence electrons. The fourth-order valence-electron chi connectivity index (χ4n) is 3.68. The number of carbonyl (C=O) groups is 1. The van der Waals surface area contributed by atoms with Gasteiger partial charge in [0.05, 0.1) is 31.5 Å². The predicted octanol–water partition coefficient (Wildman–Crippen LogP) is 3.68. The summed E-state index contributed by atoms with van der Waals surface area (Å²) in [6.45, 7) is 1.30. The van der Waals surface area contributed by atoms with Gasteiger partial charge in [-0.2, -0.15) is 5.10 Å². The van der Waals surface area contributed by atoms with Crippen molar-refractivity contribution >= 4 is 5.91 Å². The molecule has 4 aromatic rings. The number of amides is 1. The topological polar surface area (TPSA) is 91.6 Å². The van der Waals surface area contributed by atoms with Gasteiger partial charge in [0, 0.05) is 31.2 Å². The molecule has 0 spiro atoms. The highest BCUT2D eigenvalue weighted by molar-refractivity contribution is 5.94. The smallest absolute Gasteiger partial charge is 0.255 e. The Morgan fingerprint density at radius 3 is 2.65 bits per heavy atom. The summed E-state index contributed by atoms with van der Waals surface area (Å²) in [5, 5.41) is 4.16. The van der Waals surface area contributed by atoms with E-state index in [1.807, 2.05) is 42.5 Å². The lowest BCUT2D eigenvalue weighted by Crippen LogP contribution is -2.42. The van der Waals surface area contributed by atoms with Gasteiger partial charge in [-0.1, -0.05) is 6.07 Å². The number of hydrogen-bond donors (Lipinski definition) is 0. The van der Waals surface area contributed by atoms with Gasteiger partial charge in [0.2, 0.25) is 5.88 Å². The van der Waals surface area contributed by atoms with E-state index in [2.05, 4.69) is 15.1 Å². The summed E-state index contributed by atoms with van der Waals surface area (Å²) in [4.78, 5) is 23.8. The van der Waals surface area contributed by atoms with E-state index in [9.17, 15) is 4.79 Å². The van der Waals surface area contributed by atoms with Gasteiger partial charge in [0.25, 0.3) is 5.91 Å². The number of hydrogen-bond acceptors (Lipinski definition) is 7. The van der Waals surface area contributed by atoms with Crippen molar-refractivity contribution in [2.24, 2.45) is 0 Å². The van der Waals surface area contributed by atoms with Crippen LogP contribution in [-0.2, 0) is 4.74 Å². The molecule has 34 heavy (non-hydrogen) atoms. The van der Waals surface area contributed by atoms with Crippen LogP contribution in [0.3, 0.4) is 0 Å². The number of nitrogens with zero attached hydrogens (tertiary/aromatic N) is 5. The Morgan fingerprint density at radius 2 is 1.91 bits per heavy atom. The van der Waals surface area contributed by atoms with Crippen LogP contribution in [0.2, 0.25) is 0 Å². The predicted molar refractivity (Wildman–Crippen MR) is 123 cm³/mol. The van der Waals surface area contributed by atoms with Gasteiger partial charge < -0.3 is 19.1 Å². The SMILES string of the molecule is COc1ccc(Oc2cccc([C@H]3CN(C(=O)c4ccc(-n5cccn5)nc4)CCO3)n2)cc1. The molecular weight excluding hydrogens is 434 g/mol. The molecule has 0 bridgehead atoms. The van der Waals surface area contributed by atoms with Gasteiger partial charge in [-0.25, -0.2) is 14.6 Å². The van der Waals surface area contributed by atoms with Crippen LogP contribution in [0.1, 0.15) is 22.2 Å². The standard InChI is InChI=1S/C25H23N5O4/c1-32-19-7-9-20(10-8-19)34-24-5-2-4-21(28-24)22-17-29(14-15-33-22)25(31)18-6-11-23(26-16-18)30-13-3-12-27-30/h2-13,16,22H,14-15,17H2,1H3/t22-/m1/s1. The molecule has 3 aromatic heterocycles. The fourth-order valence-corrected chi connectivity index (χ4v) is 3.68. The van der Waals surface area contributed by atoms with Crippen LogP contribution in [0.15, 0.2) is 79.3 Å². The van der Waals surface area contributed by atoms with Crippen LogP contribution in [0.4, 0.5) is 0 Å². The average molecular weight is 457 g/mol. The molecule has 4 heterocycles. The molecule has 0 aliphatic carbocycles. The van der Waals surface area contributed by atoms with E-state index < -0.39 is 0 Å². The zero-order chi connectivity index (χ0) is 23.3. The third kappa shape index (κ3) is 4.74. The molecule has 5 rings (SSSR count). The summed E-state index contributed by atoms with van der Waals surface area (Å²) in [7, 11) is 1.62. The molecule has 0 saturated carbocycles. The van der Waals surface area contributed by atoms with Crippen molar-refractivity contribution in [3.8, 4) is 23.2 Å². The molecule has 9 nitrogen and oxygen atoms in total. The number of carbonyl (C=O) groups excluding carboxylic acids is 1. The van der Waals surface area contributed by atoms with E-state index in [0.29, 0.717) is 48.4 Å². The second-order valence-electron chi connectivity index (χ2n) is 7.64. The summed E-state index contributed by atoms with van der Waals surface area (Å²) in [6, 6.07) is 18.2. The lowest BCUT2D eigenvalue weighted by molar-refractivity contribution is -0.0248. The van der Waals surface area contributed by atoms with Gasteiger partial charge in [0.15, 0.2) is 5.82 Å². The van der Waals surface area contributed by atoms with Gasteiger partial charge in [0.1, 0.15) is 17.6 Å². The average Bonchev–Trinajstić information content (AvgIpc) is 3.44. The van der Waals surface area contributed by atoms with Crippen LogP contribution in [0, 0.1) is 0 Å². The lowest BCUT2D eigenvalue weighted by Gasteiger charge is -2.32. The van der Waals surface area contributed by atoms with Crippen LogP contribution < -0.4 is 9.47 Å². The first kappa shape index (κ1) is 21.6. The van der Waals surface area contributed by atoms with Gasteiger partial charge in [-0.3, -0.25) is 4.79 Å². The van der Waals surface area contributed by atoms with Gasteiger partial charge >= 0.3 is 0 Å². The van der Waals surface area contributed by atoms with Crippen molar-refractivity contribution in [3.63, 3.8) is 0 Å². The van der Waals surface area contributed by atoms with Gasteiger partial charge in [-0.05, 0) is 48.5 Å². The highest BCUT2D eigenvalue weighted by Crippen LogP contribution is 2.26. The first-order chi connectivity index (χ1) is 16.7. The molecule has 1 atom stereocenters. The maximum atomic E-state index is 13.1. The maximum absolute atomic E-state index is 13.1. The second-order valence-corrected chi connectivity index (χ2v) is 7.64. The van der Waals surface area contributed by atoms with Crippen molar-refractivity contribution in [3.05, 3.63) is 90.5 Å². The van der Waals surface area contributed by atoms with Gasteiger partial charge in [-0.15, -0.1) is 0 Å². The number of benzene rings is 1. The zero-order valence-corrected chi connectivity index (χ0v) is 18.6. The Morgan fingerprint density at radius 1 is 1.06 bits per heavy atom. The number of aromatic nitrogens is 4. The summed E-state index contributed by atoms with van der Waals surface area (Å²) in [5.74, 6) is 2.41. The maximum Gasteiger partial charge on any atom is 0.255 e. The van der Waals surface area contributed by atoms with Crippen LogP contribution in [-0.4, -0.2) is 57.4 Å². The molecule has 1 saturated heterocycles.